The summed E-state index contributed by atoms with van der Waals surface area (Å²) in [6, 6.07) is 6.08. The van der Waals surface area contributed by atoms with E-state index in [1.54, 1.807) is 19.1 Å². The van der Waals surface area contributed by atoms with Crippen LogP contribution in [0, 0.1) is 5.82 Å². The van der Waals surface area contributed by atoms with Crippen molar-refractivity contribution >= 4 is 23.7 Å². The Labute approximate surface area is 146 Å². The molecular weight excluding hydrogens is 349 g/mol. The Kier molecular flexibility index (Phi) is 4.93. The van der Waals surface area contributed by atoms with E-state index < -0.39 is 11.9 Å². The summed E-state index contributed by atoms with van der Waals surface area (Å²) in [6.45, 7) is 1.68. The van der Waals surface area contributed by atoms with E-state index in [0.717, 1.165) is 0 Å². The number of halogens is 1. The number of para-hydroxylation sites is 1. The molecular formula is C14H14FN7O2S. The number of hydrogen-bond donors (Lipinski definition) is 2. The maximum Gasteiger partial charge on any atom is 0.277 e. The SMILES string of the molecule is C[C@H](Oc1ccccc1F)c1nnc(SCc2nc(N)nc(N)n2)o1. The summed E-state index contributed by atoms with van der Waals surface area (Å²) in [5, 5.41) is 8.09. The number of ether oxygens (including phenoxy) is 1. The van der Waals surface area contributed by atoms with E-state index in [9.17, 15) is 4.39 Å². The van der Waals surface area contributed by atoms with Crippen molar-refractivity contribution in [2.75, 3.05) is 11.5 Å². The summed E-state index contributed by atoms with van der Waals surface area (Å²) < 4.78 is 24.6. The second-order valence-corrected chi connectivity index (χ2v) is 5.78. The van der Waals surface area contributed by atoms with Crippen molar-refractivity contribution in [1.29, 1.82) is 0 Å². The number of nitrogens with zero attached hydrogens (tertiary/aromatic N) is 5. The quantitative estimate of drug-likeness (QED) is 0.625. The van der Waals surface area contributed by atoms with E-state index in [0.29, 0.717) is 11.6 Å². The highest BCUT2D eigenvalue weighted by Crippen LogP contribution is 2.26. The molecule has 0 unspecified atom stereocenters. The van der Waals surface area contributed by atoms with Crippen molar-refractivity contribution in [1.82, 2.24) is 25.1 Å². The van der Waals surface area contributed by atoms with Gasteiger partial charge in [0.25, 0.3) is 11.1 Å². The summed E-state index contributed by atoms with van der Waals surface area (Å²) in [4.78, 5) is 11.6. The summed E-state index contributed by atoms with van der Waals surface area (Å²) in [6.07, 6.45) is -0.609. The highest BCUT2D eigenvalue weighted by Gasteiger charge is 2.18. The Hall–Kier alpha value is -2.95. The van der Waals surface area contributed by atoms with Gasteiger partial charge in [0, 0.05) is 0 Å². The summed E-state index contributed by atoms with van der Waals surface area (Å²) in [5.41, 5.74) is 11.0. The standard InChI is InChI=1S/C14H14FN7O2S/c1-7(23-9-5-3-2-4-8(9)15)11-21-22-14(24-11)25-6-10-18-12(16)20-13(17)19-10/h2-5,7H,6H2,1H3,(H4,16,17,18,19,20)/t7-/m0/s1. The monoisotopic (exact) mass is 363 g/mol. The van der Waals surface area contributed by atoms with Crippen molar-refractivity contribution in [2.45, 2.75) is 24.0 Å². The zero-order valence-electron chi connectivity index (χ0n) is 13.1. The number of anilines is 2. The molecule has 130 valence electrons. The van der Waals surface area contributed by atoms with Gasteiger partial charge in [-0.25, -0.2) is 4.39 Å². The minimum atomic E-state index is -0.609. The van der Waals surface area contributed by atoms with Crippen LogP contribution >= 0.6 is 11.8 Å². The molecule has 0 bridgehead atoms. The Morgan fingerprint density at radius 2 is 1.88 bits per heavy atom. The van der Waals surface area contributed by atoms with E-state index in [2.05, 4.69) is 25.1 Å². The lowest BCUT2D eigenvalue weighted by Crippen LogP contribution is -2.05. The molecule has 1 aromatic carbocycles. The fourth-order valence-corrected chi connectivity index (χ4v) is 2.50. The van der Waals surface area contributed by atoms with Gasteiger partial charge in [0.05, 0.1) is 5.75 Å². The number of benzene rings is 1. The number of hydrogen-bond acceptors (Lipinski definition) is 10. The van der Waals surface area contributed by atoms with Crippen LogP contribution in [-0.2, 0) is 5.75 Å². The highest BCUT2D eigenvalue weighted by molar-refractivity contribution is 7.98. The van der Waals surface area contributed by atoms with Crippen LogP contribution < -0.4 is 16.2 Å². The average Bonchev–Trinajstić information content (AvgIpc) is 3.03. The van der Waals surface area contributed by atoms with Crippen molar-refractivity contribution in [3.8, 4) is 5.75 Å². The molecule has 0 aliphatic carbocycles. The van der Waals surface area contributed by atoms with E-state index in [1.165, 1.54) is 23.9 Å². The Bertz CT molecular complexity index is 856. The second kappa shape index (κ2) is 7.30. The van der Waals surface area contributed by atoms with Crippen LogP contribution in [0.4, 0.5) is 16.3 Å². The first-order chi connectivity index (χ1) is 12.0. The number of thioether (sulfide) groups is 1. The van der Waals surface area contributed by atoms with Gasteiger partial charge in [-0.05, 0) is 19.1 Å². The summed E-state index contributed by atoms with van der Waals surface area (Å²) >= 11 is 1.20. The molecule has 0 saturated heterocycles. The maximum atomic E-state index is 13.6. The zero-order valence-corrected chi connectivity index (χ0v) is 13.9. The molecule has 2 heterocycles. The van der Waals surface area contributed by atoms with Crippen LogP contribution in [0.15, 0.2) is 33.9 Å². The molecule has 4 N–H and O–H groups in total. The van der Waals surface area contributed by atoms with Crippen molar-refractivity contribution in [3.63, 3.8) is 0 Å². The normalized spacial score (nSPS) is 12.1. The van der Waals surface area contributed by atoms with Gasteiger partial charge in [-0.3, -0.25) is 0 Å². The Morgan fingerprint density at radius 1 is 1.16 bits per heavy atom. The van der Waals surface area contributed by atoms with Gasteiger partial charge < -0.3 is 20.6 Å². The number of aromatic nitrogens is 5. The van der Waals surface area contributed by atoms with Gasteiger partial charge in [-0.2, -0.15) is 15.0 Å². The third-order valence-corrected chi connectivity index (χ3v) is 3.77. The first kappa shape index (κ1) is 16.9. The molecule has 2 aromatic heterocycles. The number of nitrogens with two attached hydrogens (primary N) is 2. The van der Waals surface area contributed by atoms with Crippen LogP contribution in [0.1, 0.15) is 24.7 Å². The number of nitrogen functional groups attached to an aromatic ring is 2. The predicted octanol–water partition coefficient (Wildman–Crippen LogP) is 1.99. The largest absolute Gasteiger partial charge is 0.478 e. The molecule has 1 atom stereocenters. The molecule has 9 nitrogen and oxygen atoms in total. The third-order valence-electron chi connectivity index (χ3n) is 2.95. The lowest BCUT2D eigenvalue weighted by Gasteiger charge is -2.11. The molecule has 0 aliphatic heterocycles. The van der Waals surface area contributed by atoms with Crippen molar-refractivity contribution in [2.24, 2.45) is 0 Å². The lowest BCUT2D eigenvalue weighted by molar-refractivity contribution is 0.174. The first-order valence-electron chi connectivity index (χ1n) is 7.14. The second-order valence-electron chi connectivity index (χ2n) is 4.85. The van der Waals surface area contributed by atoms with Crippen LogP contribution in [0.25, 0.3) is 0 Å². The Morgan fingerprint density at radius 3 is 2.60 bits per heavy atom. The van der Waals surface area contributed by atoms with Gasteiger partial charge >= 0.3 is 0 Å². The molecule has 11 heteroatoms. The van der Waals surface area contributed by atoms with E-state index in [1.807, 2.05) is 0 Å². The maximum absolute atomic E-state index is 13.6. The lowest BCUT2D eigenvalue weighted by atomic mass is 10.3. The fraction of sp³-hybridized carbons (Fsp3) is 0.214. The molecule has 3 rings (SSSR count). The minimum Gasteiger partial charge on any atom is -0.478 e. The predicted molar refractivity (Wildman–Crippen MR) is 88.0 cm³/mol. The van der Waals surface area contributed by atoms with E-state index >= 15 is 0 Å². The molecule has 0 spiro atoms. The molecule has 0 amide bonds. The van der Waals surface area contributed by atoms with Gasteiger partial charge in [-0.15, -0.1) is 10.2 Å². The molecule has 0 radical (unpaired) electrons. The summed E-state index contributed by atoms with van der Waals surface area (Å²) in [7, 11) is 0. The zero-order chi connectivity index (χ0) is 17.8. The fourth-order valence-electron chi connectivity index (χ4n) is 1.87. The van der Waals surface area contributed by atoms with Crippen molar-refractivity contribution in [3.05, 3.63) is 41.8 Å². The first-order valence-corrected chi connectivity index (χ1v) is 8.13. The molecule has 0 fully saturated rings. The van der Waals surface area contributed by atoms with E-state index in [4.69, 9.17) is 20.6 Å². The van der Waals surface area contributed by atoms with Crippen LogP contribution in [0.3, 0.4) is 0 Å². The highest BCUT2D eigenvalue weighted by atomic mass is 32.2. The minimum absolute atomic E-state index is 0.0428. The molecule has 25 heavy (non-hydrogen) atoms. The van der Waals surface area contributed by atoms with Crippen LogP contribution in [-0.4, -0.2) is 25.1 Å². The average molecular weight is 363 g/mol. The smallest absolute Gasteiger partial charge is 0.277 e. The molecule has 0 aliphatic rings. The van der Waals surface area contributed by atoms with E-state index in [-0.39, 0.29) is 28.8 Å². The van der Waals surface area contributed by atoms with Gasteiger partial charge in [-0.1, -0.05) is 23.9 Å². The van der Waals surface area contributed by atoms with Crippen LogP contribution in [0.2, 0.25) is 0 Å². The Balaban J connectivity index is 1.62. The van der Waals surface area contributed by atoms with Gasteiger partial charge in [0.1, 0.15) is 5.82 Å². The molecule has 0 saturated carbocycles. The van der Waals surface area contributed by atoms with Crippen molar-refractivity contribution < 1.29 is 13.5 Å². The van der Waals surface area contributed by atoms with Crippen LogP contribution in [0.5, 0.6) is 5.75 Å². The van der Waals surface area contributed by atoms with Gasteiger partial charge in [0.15, 0.2) is 17.7 Å². The summed E-state index contributed by atoms with van der Waals surface area (Å²) in [5.74, 6) is 0.668. The third kappa shape index (κ3) is 4.32. The van der Waals surface area contributed by atoms with Gasteiger partial charge in [0.2, 0.25) is 11.9 Å². The number of rotatable bonds is 6. The topological polar surface area (TPSA) is 139 Å². The molecule has 3 aromatic rings.